The van der Waals surface area contributed by atoms with Crippen molar-refractivity contribution in [2.45, 2.75) is 18.6 Å². The van der Waals surface area contributed by atoms with Crippen molar-refractivity contribution in [3.63, 3.8) is 0 Å². The fourth-order valence-corrected chi connectivity index (χ4v) is 2.41. The van der Waals surface area contributed by atoms with E-state index in [0.29, 0.717) is 30.9 Å². The minimum atomic E-state index is -0.467. The zero-order chi connectivity index (χ0) is 14.8. The number of aromatic nitrogens is 3. The fourth-order valence-electron chi connectivity index (χ4n) is 2.41. The number of rotatable bonds is 3. The van der Waals surface area contributed by atoms with Gasteiger partial charge in [0.2, 0.25) is 0 Å². The van der Waals surface area contributed by atoms with Crippen molar-refractivity contribution in [3.05, 3.63) is 36.3 Å². The van der Waals surface area contributed by atoms with Crippen LogP contribution >= 0.6 is 0 Å². The van der Waals surface area contributed by atoms with Crippen LogP contribution < -0.4 is 5.01 Å². The van der Waals surface area contributed by atoms with Gasteiger partial charge >= 0.3 is 0 Å². The fraction of sp³-hybridized carbons (Fsp3) is 0.429. The monoisotopic (exact) mass is 292 g/mol. The van der Waals surface area contributed by atoms with E-state index in [-0.39, 0.29) is 11.9 Å². The third-order valence-corrected chi connectivity index (χ3v) is 3.70. The van der Waals surface area contributed by atoms with Gasteiger partial charge in [0.1, 0.15) is 11.5 Å². The molecule has 1 N–H and O–H groups in total. The van der Waals surface area contributed by atoms with Crippen LogP contribution in [0.3, 0.4) is 0 Å². The summed E-state index contributed by atoms with van der Waals surface area (Å²) < 4.78 is 18.6. The molecule has 0 unspecified atom stereocenters. The summed E-state index contributed by atoms with van der Waals surface area (Å²) in [6.07, 6.45) is 1.84. The molecule has 0 spiro atoms. The number of aliphatic hydroxyl groups excluding tert-OH is 1. The lowest BCUT2D eigenvalue weighted by Crippen LogP contribution is -2.53. The number of hydrogen-bond acceptors (Lipinski definition) is 5. The Bertz CT molecular complexity index is 619. The molecule has 112 valence electrons. The summed E-state index contributed by atoms with van der Waals surface area (Å²) in [5.74, 6) is -0.313. The van der Waals surface area contributed by atoms with E-state index in [1.54, 1.807) is 28.1 Å². The van der Waals surface area contributed by atoms with Gasteiger partial charge in [-0.05, 0) is 23.8 Å². The Balaban J connectivity index is 1.81. The highest BCUT2D eigenvalue weighted by Gasteiger charge is 2.28. The summed E-state index contributed by atoms with van der Waals surface area (Å²) in [4.78, 5) is 1.54. The maximum atomic E-state index is 13.2. The van der Waals surface area contributed by atoms with Crippen molar-refractivity contribution >= 4 is 0 Å². The first-order valence-electron chi connectivity index (χ1n) is 6.82. The summed E-state index contributed by atoms with van der Waals surface area (Å²) in [6, 6.07) is 6.02. The molecule has 1 aromatic carbocycles. The number of likely N-dealkylation sites (N-methyl/N-ethyl adjacent to an activating group) is 1. The second-order valence-electron chi connectivity index (χ2n) is 5.11. The molecule has 6 nitrogen and oxygen atoms in total. The topological polar surface area (TPSA) is 63.4 Å². The van der Waals surface area contributed by atoms with Crippen molar-refractivity contribution in [2.75, 3.05) is 25.3 Å². The lowest BCUT2D eigenvalue weighted by Gasteiger charge is -2.35. The molecule has 2 atom stereocenters. The van der Waals surface area contributed by atoms with Crippen LogP contribution in [0, 0.1) is 5.82 Å². The molecule has 1 aliphatic rings. The zero-order valence-corrected chi connectivity index (χ0v) is 11.7. The van der Waals surface area contributed by atoms with E-state index in [1.165, 1.54) is 12.1 Å². The first-order chi connectivity index (χ1) is 10.1. The Hall–Kier alpha value is -1.99. The van der Waals surface area contributed by atoms with Gasteiger partial charge in [-0.3, -0.25) is 5.01 Å². The number of halogens is 1. The largest absolute Gasteiger partial charge is 0.391 e. The second-order valence-corrected chi connectivity index (χ2v) is 5.11. The van der Waals surface area contributed by atoms with Gasteiger partial charge in [-0.1, -0.05) is 12.1 Å². The molecule has 21 heavy (non-hydrogen) atoms. The lowest BCUT2D eigenvalue weighted by molar-refractivity contribution is -0.0117. The Morgan fingerprint density at radius 1 is 1.48 bits per heavy atom. The van der Waals surface area contributed by atoms with E-state index in [2.05, 4.69) is 10.3 Å². The standard InChI is InChI=1S/C14H17FN4O2/c1-18(13-9-21-6-5-14(13)20)19-8-12(16-17-19)10-3-2-4-11(15)7-10/h2-4,7-8,13-14,20H,5-6,9H2,1H3/t13-,14-/m1/s1. The molecule has 0 aliphatic carbocycles. The number of nitrogens with zero attached hydrogens (tertiary/aromatic N) is 4. The van der Waals surface area contributed by atoms with Crippen molar-refractivity contribution in [3.8, 4) is 11.3 Å². The Morgan fingerprint density at radius 2 is 2.33 bits per heavy atom. The smallest absolute Gasteiger partial charge is 0.123 e. The highest BCUT2D eigenvalue weighted by atomic mass is 19.1. The average Bonchev–Trinajstić information content (AvgIpc) is 2.97. The summed E-state index contributed by atoms with van der Waals surface area (Å²) in [7, 11) is 1.81. The minimum absolute atomic E-state index is 0.180. The van der Waals surface area contributed by atoms with Gasteiger partial charge in [0.05, 0.1) is 24.9 Å². The molecule has 1 saturated heterocycles. The van der Waals surface area contributed by atoms with Crippen LogP contribution in [0.2, 0.25) is 0 Å². The van der Waals surface area contributed by atoms with E-state index >= 15 is 0 Å². The van der Waals surface area contributed by atoms with Gasteiger partial charge in [-0.25, -0.2) is 4.39 Å². The quantitative estimate of drug-likeness (QED) is 0.906. The summed E-state index contributed by atoms with van der Waals surface area (Å²) in [6.45, 7) is 1.00. The maximum Gasteiger partial charge on any atom is 0.123 e. The Labute approximate surface area is 121 Å². The lowest BCUT2D eigenvalue weighted by atomic mass is 10.1. The normalized spacial score (nSPS) is 22.2. The number of aliphatic hydroxyl groups is 1. The summed E-state index contributed by atoms with van der Waals surface area (Å²) in [5, 5.41) is 19.9. The predicted molar refractivity (Wildman–Crippen MR) is 74.8 cm³/mol. The molecule has 1 aliphatic heterocycles. The minimum Gasteiger partial charge on any atom is -0.391 e. The van der Waals surface area contributed by atoms with Gasteiger partial charge in [0.25, 0.3) is 0 Å². The molecular formula is C14H17FN4O2. The molecule has 2 aromatic rings. The van der Waals surface area contributed by atoms with E-state index in [9.17, 15) is 9.50 Å². The van der Waals surface area contributed by atoms with Crippen LogP contribution in [-0.2, 0) is 4.74 Å². The Kier molecular flexibility index (Phi) is 3.85. The molecule has 2 heterocycles. The zero-order valence-electron chi connectivity index (χ0n) is 11.7. The molecule has 0 amide bonds. The SMILES string of the molecule is CN([C@@H]1COCC[C@H]1O)n1cc(-c2cccc(F)c2)nn1. The molecule has 1 fully saturated rings. The van der Waals surface area contributed by atoms with Gasteiger partial charge in [-0.15, -0.1) is 5.10 Å². The molecular weight excluding hydrogens is 275 g/mol. The first kappa shape index (κ1) is 14.0. The molecule has 1 aromatic heterocycles. The summed E-state index contributed by atoms with van der Waals surface area (Å²) >= 11 is 0. The van der Waals surface area contributed by atoms with Crippen molar-refractivity contribution in [2.24, 2.45) is 0 Å². The third-order valence-electron chi connectivity index (χ3n) is 3.70. The van der Waals surface area contributed by atoms with Crippen LogP contribution in [0.15, 0.2) is 30.5 Å². The van der Waals surface area contributed by atoms with E-state index < -0.39 is 6.10 Å². The van der Waals surface area contributed by atoms with Gasteiger partial charge in [0, 0.05) is 19.2 Å². The Morgan fingerprint density at radius 3 is 3.10 bits per heavy atom. The summed E-state index contributed by atoms with van der Waals surface area (Å²) in [5.41, 5.74) is 1.24. The van der Waals surface area contributed by atoms with Crippen molar-refractivity contribution < 1.29 is 14.2 Å². The number of hydrogen-bond donors (Lipinski definition) is 1. The van der Waals surface area contributed by atoms with Crippen LogP contribution in [0.1, 0.15) is 6.42 Å². The van der Waals surface area contributed by atoms with E-state index in [1.807, 2.05) is 7.05 Å². The molecule has 0 bridgehead atoms. The molecule has 7 heteroatoms. The highest BCUT2D eigenvalue weighted by Crippen LogP contribution is 2.18. The van der Waals surface area contributed by atoms with Gasteiger partial charge < -0.3 is 9.84 Å². The molecule has 0 radical (unpaired) electrons. The van der Waals surface area contributed by atoms with Crippen LogP contribution in [-0.4, -0.2) is 52.6 Å². The van der Waals surface area contributed by atoms with E-state index in [0.717, 1.165) is 0 Å². The average molecular weight is 292 g/mol. The van der Waals surface area contributed by atoms with Crippen LogP contribution in [0.5, 0.6) is 0 Å². The van der Waals surface area contributed by atoms with Crippen LogP contribution in [0.25, 0.3) is 11.3 Å². The van der Waals surface area contributed by atoms with Gasteiger partial charge in [0.15, 0.2) is 0 Å². The third kappa shape index (κ3) is 2.88. The van der Waals surface area contributed by atoms with E-state index in [4.69, 9.17) is 4.74 Å². The second kappa shape index (κ2) is 5.79. The number of ether oxygens (including phenoxy) is 1. The number of benzene rings is 1. The van der Waals surface area contributed by atoms with Crippen molar-refractivity contribution in [1.29, 1.82) is 0 Å². The van der Waals surface area contributed by atoms with Crippen molar-refractivity contribution in [1.82, 2.24) is 15.1 Å². The maximum absolute atomic E-state index is 13.2. The molecule has 3 rings (SSSR count). The molecule has 0 saturated carbocycles. The highest BCUT2D eigenvalue weighted by molar-refractivity contribution is 5.57. The van der Waals surface area contributed by atoms with Gasteiger partial charge in [-0.2, -0.15) is 4.79 Å². The van der Waals surface area contributed by atoms with Crippen LogP contribution in [0.4, 0.5) is 4.39 Å². The predicted octanol–water partition coefficient (Wildman–Crippen LogP) is 0.802. The first-order valence-corrected chi connectivity index (χ1v) is 6.82.